The molecule has 6 heteroatoms. The van der Waals surface area contributed by atoms with E-state index in [1.807, 2.05) is 0 Å². The smallest absolute Gasteiger partial charge is 0.306 e. The van der Waals surface area contributed by atoms with E-state index in [0.717, 1.165) is 167 Å². The summed E-state index contributed by atoms with van der Waals surface area (Å²) in [6.45, 7) is 6.22. The summed E-state index contributed by atoms with van der Waals surface area (Å²) in [6.07, 6.45) is 97.5. The van der Waals surface area contributed by atoms with Crippen molar-refractivity contribution in [1.82, 2.24) is 0 Å². The molecule has 0 saturated carbocycles. The van der Waals surface area contributed by atoms with Crippen molar-refractivity contribution in [2.45, 2.75) is 245 Å². The first-order valence-corrected chi connectivity index (χ1v) is 31.3. The quantitative estimate of drug-likeness (QED) is 0.0261. The first-order valence-electron chi connectivity index (χ1n) is 31.3. The summed E-state index contributed by atoms with van der Waals surface area (Å²) in [5.41, 5.74) is 0. The topological polar surface area (TPSA) is 78.9 Å². The van der Waals surface area contributed by atoms with Crippen molar-refractivity contribution in [3.63, 3.8) is 0 Å². The molecular formula is C73H112O6. The maximum absolute atomic E-state index is 12.9. The molecule has 0 amide bonds. The molecule has 440 valence electrons. The van der Waals surface area contributed by atoms with Crippen molar-refractivity contribution in [3.8, 4) is 0 Å². The molecule has 1 atom stereocenters. The van der Waals surface area contributed by atoms with Crippen molar-refractivity contribution in [2.24, 2.45) is 0 Å². The molecule has 0 radical (unpaired) electrons. The Hall–Kier alpha value is -5.49. The lowest BCUT2D eigenvalue weighted by Gasteiger charge is -2.18. The van der Waals surface area contributed by atoms with Crippen molar-refractivity contribution in [2.75, 3.05) is 13.2 Å². The molecule has 0 aliphatic rings. The normalized spacial score (nSPS) is 13.4. The van der Waals surface area contributed by atoms with Gasteiger partial charge in [-0.2, -0.15) is 0 Å². The van der Waals surface area contributed by atoms with E-state index in [0.29, 0.717) is 19.3 Å². The minimum absolute atomic E-state index is 0.122. The predicted octanol–water partition coefficient (Wildman–Crippen LogP) is 21.7. The lowest BCUT2D eigenvalue weighted by Crippen LogP contribution is -2.30. The van der Waals surface area contributed by atoms with Gasteiger partial charge in [-0.25, -0.2) is 0 Å². The van der Waals surface area contributed by atoms with Gasteiger partial charge < -0.3 is 14.2 Å². The Morgan fingerprint density at radius 1 is 0.253 bits per heavy atom. The zero-order chi connectivity index (χ0) is 57.1. The van der Waals surface area contributed by atoms with Crippen LogP contribution in [-0.2, 0) is 28.6 Å². The Balaban J connectivity index is 4.52. The van der Waals surface area contributed by atoms with E-state index in [-0.39, 0.29) is 37.5 Å². The van der Waals surface area contributed by atoms with Gasteiger partial charge in [-0.05, 0) is 148 Å². The number of unbranched alkanes of at least 4 members (excludes halogenated alkanes) is 13. The highest BCUT2D eigenvalue weighted by molar-refractivity contribution is 5.71. The van der Waals surface area contributed by atoms with Gasteiger partial charge in [0.25, 0.3) is 0 Å². The molecule has 0 N–H and O–H groups in total. The molecule has 0 bridgehead atoms. The number of ether oxygens (including phenoxy) is 3. The van der Waals surface area contributed by atoms with Gasteiger partial charge in [-0.15, -0.1) is 0 Å². The standard InChI is InChI=1S/C73H112O6/c1-4-7-10-13-16-19-22-25-28-31-32-33-34-35-36-37-38-39-40-43-45-48-51-54-57-60-63-66-72(75)78-69-70(79-73(76)67-64-61-58-55-52-49-46-42-30-27-24-21-18-15-12-9-6-3)68-77-71(74)65-62-59-56-53-50-47-44-41-29-26-23-20-17-14-11-8-5-2/h7-12,16-21,25-30,32-33,35-36,38-39,43,45-46,49,55,58,70H,4-6,13-15,22-24,31,34,37,40-42,44,47-48,50-54,56-57,59-69H2,1-3H3/b10-7-,11-8-,12-9-,19-16-,20-17-,21-18-,28-25-,29-26-,30-27-,33-32-,36-35-,39-38-,45-43-,49-46-,58-55-. The third-order valence-electron chi connectivity index (χ3n) is 12.4. The Kier molecular flexibility index (Phi) is 60.5. The summed E-state index contributed by atoms with van der Waals surface area (Å²) in [7, 11) is 0. The maximum atomic E-state index is 12.9. The Morgan fingerprint density at radius 3 is 0.747 bits per heavy atom. The SMILES string of the molecule is CC/C=C\C/C=C\C/C=C\C/C=C\C/C=C\C/C=C\C/C=C\CCCCCCCC(=O)OCC(COC(=O)CCCCCCCCC/C=C\C/C=C\C/C=C\CC)OC(=O)CCC/C=C\C/C=C\C/C=C\C/C=C\C/C=C\CC. The molecule has 0 aliphatic heterocycles. The van der Waals surface area contributed by atoms with Crippen molar-refractivity contribution in [3.05, 3.63) is 182 Å². The molecule has 0 aromatic heterocycles. The fourth-order valence-electron chi connectivity index (χ4n) is 7.82. The van der Waals surface area contributed by atoms with Crippen LogP contribution < -0.4 is 0 Å². The van der Waals surface area contributed by atoms with Gasteiger partial charge in [0.2, 0.25) is 0 Å². The maximum Gasteiger partial charge on any atom is 0.306 e. The van der Waals surface area contributed by atoms with Crippen LogP contribution in [0.5, 0.6) is 0 Å². The highest BCUT2D eigenvalue weighted by atomic mass is 16.6. The Bertz CT molecular complexity index is 1870. The molecular weight excluding hydrogens is 973 g/mol. The molecule has 0 spiro atoms. The molecule has 6 nitrogen and oxygen atoms in total. The highest BCUT2D eigenvalue weighted by Crippen LogP contribution is 2.13. The number of carbonyl (C=O) groups is 3. The van der Waals surface area contributed by atoms with Gasteiger partial charge in [0.05, 0.1) is 0 Å². The van der Waals surface area contributed by atoms with Gasteiger partial charge in [-0.3, -0.25) is 14.4 Å². The van der Waals surface area contributed by atoms with Crippen LogP contribution in [0.25, 0.3) is 0 Å². The average molecular weight is 1090 g/mol. The number of carbonyl (C=O) groups excluding carboxylic acids is 3. The van der Waals surface area contributed by atoms with Crippen molar-refractivity contribution < 1.29 is 28.6 Å². The van der Waals surface area contributed by atoms with E-state index in [4.69, 9.17) is 14.2 Å². The lowest BCUT2D eigenvalue weighted by atomic mass is 10.1. The molecule has 0 rings (SSSR count). The number of rotatable bonds is 54. The van der Waals surface area contributed by atoms with Gasteiger partial charge in [-0.1, -0.05) is 254 Å². The first kappa shape index (κ1) is 73.5. The van der Waals surface area contributed by atoms with Crippen molar-refractivity contribution >= 4 is 17.9 Å². The molecule has 0 heterocycles. The predicted molar refractivity (Wildman–Crippen MR) is 343 cm³/mol. The third-order valence-corrected chi connectivity index (χ3v) is 12.4. The summed E-state index contributed by atoms with van der Waals surface area (Å²) in [5.74, 6) is -1.02. The van der Waals surface area contributed by atoms with E-state index in [2.05, 4.69) is 203 Å². The summed E-state index contributed by atoms with van der Waals surface area (Å²) in [6, 6.07) is 0. The number of allylic oxidation sites excluding steroid dienone is 30. The zero-order valence-electron chi connectivity index (χ0n) is 50.3. The summed E-state index contributed by atoms with van der Waals surface area (Å²) < 4.78 is 16.8. The van der Waals surface area contributed by atoms with Crippen LogP contribution in [0.2, 0.25) is 0 Å². The van der Waals surface area contributed by atoms with Crippen LogP contribution in [0.4, 0.5) is 0 Å². The van der Waals surface area contributed by atoms with Crippen LogP contribution in [0.1, 0.15) is 239 Å². The van der Waals surface area contributed by atoms with E-state index in [9.17, 15) is 14.4 Å². The van der Waals surface area contributed by atoms with E-state index in [1.165, 1.54) is 25.7 Å². The van der Waals surface area contributed by atoms with Crippen LogP contribution >= 0.6 is 0 Å². The summed E-state index contributed by atoms with van der Waals surface area (Å²) in [4.78, 5) is 38.3. The minimum atomic E-state index is -0.833. The number of hydrogen-bond donors (Lipinski definition) is 0. The third kappa shape index (κ3) is 63.2. The van der Waals surface area contributed by atoms with Gasteiger partial charge >= 0.3 is 17.9 Å². The number of esters is 3. The molecule has 79 heavy (non-hydrogen) atoms. The second kappa shape index (κ2) is 65.0. The van der Waals surface area contributed by atoms with Crippen LogP contribution in [-0.4, -0.2) is 37.2 Å². The monoisotopic (exact) mass is 1080 g/mol. The van der Waals surface area contributed by atoms with Gasteiger partial charge in [0.15, 0.2) is 6.10 Å². The Labute approximate surface area is 484 Å². The largest absolute Gasteiger partial charge is 0.462 e. The van der Waals surface area contributed by atoms with Crippen molar-refractivity contribution in [1.29, 1.82) is 0 Å². The Morgan fingerprint density at radius 2 is 0.468 bits per heavy atom. The van der Waals surface area contributed by atoms with E-state index in [1.54, 1.807) is 0 Å². The van der Waals surface area contributed by atoms with E-state index >= 15 is 0 Å². The minimum Gasteiger partial charge on any atom is -0.462 e. The van der Waals surface area contributed by atoms with Crippen LogP contribution in [0.3, 0.4) is 0 Å². The molecule has 0 aliphatic carbocycles. The molecule has 0 fully saturated rings. The first-order chi connectivity index (χ1) is 39.0. The second-order valence-corrected chi connectivity index (χ2v) is 19.8. The molecule has 0 aromatic carbocycles. The highest BCUT2D eigenvalue weighted by Gasteiger charge is 2.19. The van der Waals surface area contributed by atoms with Crippen LogP contribution in [0, 0.1) is 0 Å². The molecule has 1 unspecified atom stereocenters. The van der Waals surface area contributed by atoms with Gasteiger partial charge in [0.1, 0.15) is 13.2 Å². The summed E-state index contributed by atoms with van der Waals surface area (Å²) in [5, 5.41) is 0. The summed E-state index contributed by atoms with van der Waals surface area (Å²) >= 11 is 0. The fourth-order valence-corrected chi connectivity index (χ4v) is 7.82. The molecule has 0 saturated heterocycles. The average Bonchev–Trinajstić information content (AvgIpc) is 3.45. The fraction of sp³-hybridized carbons (Fsp3) is 0.548. The zero-order valence-corrected chi connectivity index (χ0v) is 50.3. The second-order valence-electron chi connectivity index (χ2n) is 19.8. The lowest BCUT2D eigenvalue weighted by molar-refractivity contribution is -0.167. The van der Waals surface area contributed by atoms with Crippen LogP contribution in [0.15, 0.2) is 182 Å². The molecule has 0 aromatic rings. The van der Waals surface area contributed by atoms with Gasteiger partial charge in [0, 0.05) is 19.3 Å². The van der Waals surface area contributed by atoms with E-state index < -0.39 is 6.10 Å². The number of hydrogen-bond acceptors (Lipinski definition) is 6.